The molecule has 2 aromatic rings. The summed E-state index contributed by atoms with van der Waals surface area (Å²) in [6.07, 6.45) is 0.687. The lowest BCUT2D eigenvalue weighted by Gasteiger charge is -2.18. The van der Waals surface area contributed by atoms with Crippen molar-refractivity contribution in [1.82, 2.24) is 9.62 Å². The van der Waals surface area contributed by atoms with Gasteiger partial charge in [-0.15, -0.1) is 0 Å². The topological polar surface area (TPSA) is 84.9 Å². The van der Waals surface area contributed by atoms with Crippen molar-refractivity contribution in [3.8, 4) is 5.75 Å². The number of rotatable bonds is 11. The summed E-state index contributed by atoms with van der Waals surface area (Å²) < 4.78 is 37.3. The largest absolute Gasteiger partial charge is 0.493 e. The van der Waals surface area contributed by atoms with E-state index in [0.717, 1.165) is 11.3 Å². The van der Waals surface area contributed by atoms with Crippen LogP contribution < -0.4 is 9.46 Å². The number of benzene rings is 2. The van der Waals surface area contributed by atoms with Crippen molar-refractivity contribution in [3.05, 3.63) is 59.7 Å². The number of methoxy groups -OCH3 is 1. The molecule has 0 aliphatic carbocycles. The van der Waals surface area contributed by atoms with Crippen LogP contribution in [-0.4, -0.2) is 59.7 Å². The number of aryl methyl sites for hydroxylation is 1. The summed E-state index contributed by atoms with van der Waals surface area (Å²) >= 11 is 0. The standard InChI is InChI=1S/C21H28N2O5S/c1-17-7-4-5-8-20(17)28-15-6-14-23(2)21(24)18-9-11-19(12-10-18)29(25,26)22-13-16-27-3/h4-5,7-12,22H,6,13-16H2,1-3H3. The van der Waals surface area contributed by atoms with E-state index in [1.54, 1.807) is 11.9 Å². The number of amides is 1. The van der Waals surface area contributed by atoms with Crippen molar-refractivity contribution in [2.45, 2.75) is 18.2 Å². The Morgan fingerprint density at radius 3 is 2.41 bits per heavy atom. The van der Waals surface area contributed by atoms with Crippen LogP contribution in [0.3, 0.4) is 0 Å². The number of ether oxygens (including phenoxy) is 2. The maximum absolute atomic E-state index is 12.5. The van der Waals surface area contributed by atoms with E-state index >= 15 is 0 Å². The fourth-order valence-electron chi connectivity index (χ4n) is 2.66. The van der Waals surface area contributed by atoms with E-state index in [2.05, 4.69) is 4.72 Å². The molecule has 0 radical (unpaired) electrons. The maximum atomic E-state index is 12.5. The Hall–Kier alpha value is -2.42. The third-order valence-corrected chi connectivity index (χ3v) is 5.82. The molecule has 8 heteroatoms. The highest BCUT2D eigenvalue weighted by molar-refractivity contribution is 7.89. The molecule has 0 aliphatic heterocycles. The fourth-order valence-corrected chi connectivity index (χ4v) is 3.68. The van der Waals surface area contributed by atoms with Crippen LogP contribution in [0.2, 0.25) is 0 Å². The zero-order chi connectivity index (χ0) is 21.3. The van der Waals surface area contributed by atoms with Gasteiger partial charge in [-0.3, -0.25) is 4.79 Å². The molecule has 1 amide bonds. The molecule has 7 nitrogen and oxygen atoms in total. The van der Waals surface area contributed by atoms with Crippen LogP contribution in [0.5, 0.6) is 5.75 Å². The van der Waals surface area contributed by atoms with Gasteiger partial charge in [-0.1, -0.05) is 18.2 Å². The molecule has 0 unspecified atom stereocenters. The number of nitrogens with zero attached hydrogens (tertiary/aromatic N) is 1. The van der Waals surface area contributed by atoms with Crippen LogP contribution >= 0.6 is 0 Å². The van der Waals surface area contributed by atoms with Gasteiger partial charge < -0.3 is 14.4 Å². The summed E-state index contributed by atoms with van der Waals surface area (Å²) in [5.41, 5.74) is 1.51. The smallest absolute Gasteiger partial charge is 0.253 e. The van der Waals surface area contributed by atoms with Crippen molar-refractivity contribution >= 4 is 15.9 Å². The first-order chi connectivity index (χ1) is 13.8. The Balaban J connectivity index is 1.85. The molecule has 1 N–H and O–H groups in total. The van der Waals surface area contributed by atoms with Gasteiger partial charge in [0.15, 0.2) is 0 Å². The van der Waals surface area contributed by atoms with Crippen LogP contribution in [0.4, 0.5) is 0 Å². The zero-order valence-corrected chi connectivity index (χ0v) is 17.9. The van der Waals surface area contributed by atoms with Crippen LogP contribution in [0.15, 0.2) is 53.4 Å². The SMILES string of the molecule is COCCNS(=O)(=O)c1ccc(C(=O)N(C)CCCOc2ccccc2C)cc1. The summed E-state index contributed by atoms with van der Waals surface area (Å²) in [6, 6.07) is 13.7. The Morgan fingerprint density at radius 1 is 1.07 bits per heavy atom. The molecule has 2 rings (SSSR count). The Labute approximate surface area is 172 Å². The van der Waals surface area contributed by atoms with Crippen LogP contribution in [-0.2, 0) is 14.8 Å². The molecular formula is C21H28N2O5S. The first kappa shape index (κ1) is 22.9. The molecule has 0 aliphatic rings. The number of carbonyl (C=O) groups is 1. The van der Waals surface area contributed by atoms with Crippen LogP contribution in [0.1, 0.15) is 22.3 Å². The highest BCUT2D eigenvalue weighted by atomic mass is 32.2. The predicted molar refractivity (Wildman–Crippen MR) is 112 cm³/mol. The third kappa shape index (κ3) is 6.85. The molecule has 0 spiro atoms. The minimum absolute atomic E-state index is 0.111. The van der Waals surface area contributed by atoms with E-state index in [0.29, 0.717) is 25.1 Å². The molecule has 0 saturated heterocycles. The molecule has 29 heavy (non-hydrogen) atoms. The van der Waals surface area contributed by atoms with Crippen molar-refractivity contribution in [2.75, 3.05) is 40.5 Å². The molecular weight excluding hydrogens is 392 g/mol. The van der Waals surface area contributed by atoms with Gasteiger partial charge in [-0.2, -0.15) is 0 Å². The normalized spacial score (nSPS) is 11.3. The number of para-hydroxylation sites is 1. The van der Waals surface area contributed by atoms with Gasteiger partial charge in [0.25, 0.3) is 5.91 Å². The van der Waals surface area contributed by atoms with Crippen molar-refractivity contribution < 1.29 is 22.7 Å². The molecule has 2 aromatic carbocycles. The highest BCUT2D eigenvalue weighted by Crippen LogP contribution is 2.16. The van der Waals surface area contributed by atoms with Crippen molar-refractivity contribution in [3.63, 3.8) is 0 Å². The van der Waals surface area contributed by atoms with Gasteiger partial charge in [0.05, 0.1) is 18.1 Å². The number of nitrogens with one attached hydrogen (secondary N) is 1. The summed E-state index contributed by atoms with van der Waals surface area (Å²) in [7, 11) is -0.399. The quantitative estimate of drug-likeness (QED) is 0.565. The van der Waals surface area contributed by atoms with Crippen molar-refractivity contribution in [1.29, 1.82) is 0 Å². The van der Waals surface area contributed by atoms with Crippen LogP contribution in [0.25, 0.3) is 0 Å². The van der Waals surface area contributed by atoms with Gasteiger partial charge in [0.1, 0.15) is 5.75 Å². The van der Waals surface area contributed by atoms with Gasteiger partial charge >= 0.3 is 0 Å². The lowest BCUT2D eigenvalue weighted by molar-refractivity contribution is 0.0787. The highest BCUT2D eigenvalue weighted by Gasteiger charge is 2.16. The predicted octanol–water partition coefficient (Wildman–Crippen LogP) is 2.46. The average molecular weight is 421 g/mol. The van der Waals surface area contributed by atoms with E-state index in [9.17, 15) is 13.2 Å². The lowest BCUT2D eigenvalue weighted by atomic mass is 10.2. The molecule has 0 aromatic heterocycles. The van der Waals surface area contributed by atoms with E-state index in [-0.39, 0.29) is 24.0 Å². The second-order valence-electron chi connectivity index (χ2n) is 6.61. The molecule has 158 valence electrons. The zero-order valence-electron chi connectivity index (χ0n) is 17.1. The Bertz CT molecular complexity index is 898. The third-order valence-electron chi connectivity index (χ3n) is 4.35. The van der Waals surface area contributed by atoms with Gasteiger partial charge in [0, 0.05) is 32.8 Å². The second kappa shape index (κ2) is 10.9. The lowest BCUT2D eigenvalue weighted by Crippen LogP contribution is -2.29. The van der Waals surface area contributed by atoms with E-state index in [1.807, 2.05) is 31.2 Å². The number of carbonyl (C=O) groups excluding carboxylic acids is 1. The minimum Gasteiger partial charge on any atom is -0.493 e. The Morgan fingerprint density at radius 2 is 1.76 bits per heavy atom. The number of hydrogen-bond acceptors (Lipinski definition) is 5. The fraction of sp³-hybridized carbons (Fsp3) is 0.381. The monoisotopic (exact) mass is 420 g/mol. The molecule has 0 fully saturated rings. The van der Waals surface area contributed by atoms with E-state index in [4.69, 9.17) is 9.47 Å². The second-order valence-corrected chi connectivity index (χ2v) is 8.38. The summed E-state index contributed by atoms with van der Waals surface area (Å²) in [5.74, 6) is 0.676. The molecule has 0 bridgehead atoms. The van der Waals surface area contributed by atoms with Crippen molar-refractivity contribution in [2.24, 2.45) is 0 Å². The number of sulfonamides is 1. The van der Waals surface area contributed by atoms with E-state index < -0.39 is 10.0 Å². The van der Waals surface area contributed by atoms with Gasteiger partial charge in [-0.05, 0) is 49.2 Å². The molecule has 0 atom stereocenters. The van der Waals surface area contributed by atoms with Gasteiger partial charge in [0.2, 0.25) is 10.0 Å². The summed E-state index contributed by atoms with van der Waals surface area (Å²) in [5, 5.41) is 0. The molecule has 0 saturated carbocycles. The molecule has 0 heterocycles. The summed E-state index contributed by atoms with van der Waals surface area (Å²) in [6.45, 7) is 3.50. The van der Waals surface area contributed by atoms with E-state index in [1.165, 1.54) is 31.4 Å². The van der Waals surface area contributed by atoms with Gasteiger partial charge in [-0.25, -0.2) is 13.1 Å². The summed E-state index contributed by atoms with van der Waals surface area (Å²) in [4.78, 5) is 14.2. The average Bonchev–Trinajstić information content (AvgIpc) is 2.72. The maximum Gasteiger partial charge on any atom is 0.253 e. The minimum atomic E-state index is -3.61. The number of hydrogen-bond donors (Lipinski definition) is 1. The Kier molecular flexibility index (Phi) is 8.63. The first-order valence-electron chi connectivity index (χ1n) is 9.37. The first-order valence-corrected chi connectivity index (χ1v) is 10.9. The van der Waals surface area contributed by atoms with Crippen LogP contribution in [0, 0.1) is 6.92 Å².